The van der Waals surface area contributed by atoms with Crippen LogP contribution in [0.4, 0.5) is 0 Å². The van der Waals surface area contributed by atoms with Crippen LogP contribution in [0.2, 0.25) is 0 Å². The Bertz CT molecular complexity index is 1580. The van der Waals surface area contributed by atoms with Crippen molar-refractivity contribution in [3.05, 3.63) is 95.1 Å². The second-order valence-electron chi connectivity index (χ2n) is 16.6. The molecule has 1 saturated heterocycles. The fraction of sp³-hybridized carbons (Fsp3) is 0.600. The number of aliphatic hydroxyl groups is 1. The topological polar surface area (TPSA) is 100 Å². The fourth-order valence-electron chi connectivity index (χ4n) is 7.97. The second-order valence-corrected chi connectivity index (χ2v) is 16.6. The molecule has 0 radical (unpaired) electrons. The molecule has 58 heavy (non-hydrogen) atoms. The van der Waals surface area contributed by atoms with Gasteiger partial charge in [-0.2, -0.15) is 0 Å². The summed E-state index contributed by atoms with van der Waals surface area (Å²) in [4.78, 5) is 26.3. The quantitative estimate of drug-likeness (QED) is 0.0633. The summed E-state index contributed by atoms with van der Waals surface area (Å²) < 4.78 is 13.9. The van der Waals surface area contributed by atoms with Crippen molar-refractivity contribution in [3.8, 4) is 11.1 Å². The highest BCUT2D eigenvalue weighted by Gasteiger charge is 2.39. The number of aliphatic hydroxyl groups excluding tert-OH is 1. The van der Waals surface area contributed by atoms with Crippen molar-refractivity contribution < 1.29 is 24.2 Å². The van der Waals surface area contributed by atoms with Crippen LogP contribution < -0.4 is 10.6 Å². The summed E-state index contributed by atoms with van der Waals surface area (Å²) in [6.07, 6.45) is 17.8. The van der Waals surface area contributed by atoms with E-state index >= 15 is 0 Å². The molecular formula is C50H75N3O5. The van der Waals surface area contributed by atoms with Crippen molar-refractivity contribution in [1.29, 1.82) is 0 Å². The van der Waals surface area contributed by atoms with Crippen molar-refractivity contribution >= 4 is 11.8 Å². The average Bonchev–Trinajstić information content (AvgIpc) is 3.24. The summed E-state index contributed by atoms with van der Waals surface area (Å²) in [5.41, 5.74) is 6.18. The normalized spacial score (nSPS) is 18.0. The highest BCUT2D eigenvalue weighted by molar-refractivity contribution is 5.76. The second kappa shape index (κ2) is 27.2. The van der Waals surface area contributed by atoms with Gasteiger partial charge in [0.2, 0.25) is 11.8 Å². The summed E-state index contributed by atoms with van der Waals surface area (Å²) in [7, 11) is 0. The Labute approximate surface area is 350 Å². The average molecular weight is 798 g/mol. The zero-order valence-electron chi connectivity index (χ0n) is 36.3. The molecule has 1 heterocycles. The largest absolute Gasteiger partial charge is 0.392 e. The van der Waals surface area contributed by atoms with Gasteiger partial charge in [-0.1, -0.05) is 152 Å². The van der Waals surface area contributed by atoms with E-state index in [-0.39, 0.29) is 36.5 Å². The molecule has 0 spiro atoms. The van der Waals surface area contributed by atoms with Gasteiger partial charge in [0.15, 0.2) is 6.29 Å². The predicted octanol–water partition coefficient (Wildman–Crippen LogP) is 11.0. The van der Waals surface area contributed by atoms with Gasteiger partial charge >= 0.3 is 0 Å². The molecule has 1 aliphatic heterocycles. The maximum atomic E-state index is 12.6. The molecule has 0 bridgehead atoms. The first-order valence-corrected chi connectivity index (χ1v) is 22.7. The molecule has 0 unspecified atom stereocenters. The zero-order valence-corrected chi connectivity index (χ0v) is 36.3. The van der Waals surface area contributed by atoms with Gasteiger partial charge in [0.25, 0.3) is 0 Å². The molecule has 1 fully saturated rings. The minimum atomic E-state index is -0.533. The lowest BCUT2D eigenvalue weighted by Gasteiger charge is -2.43. The molecule has 4 atom stereocenters. The molecule has 3 N–H and O–H groups in total. The Balaban J connectivity index is 1.47. The number of rotatable bonds is 28. The summed E-state index contributed by atoms with van der Waals surface area (Å²) in [5.74, 6) is 0.155. The molecule has 1 aliphatic rings. The number of amides is 2. The van der Waals surface area contributed by atoms with Crippen molar-refractivity contribution in [2.75, 3.05) is 26.2 Å². The molecule has 320 valence electrons. The third-order valence-electron chi connectivity index (χ3n) is 11.6. The van der Waals surface area contributed by atoms with Gasteiger partial charge < -0.3 is 30.1 Å². The van der Waals surface area contributed by atoms with Crippen LogP contribution in [0.25, 0.3) is 11.1 Å². The number of hydrogen-bond acceptors (Lipinski definition) is 6. The lowest BCUT2D eigenvalue weighted by Crippen LogP contribution is -2.45. The van der Waals surface area contributed by atoms with E-state index in [1.54, 1.807) is 0 Å². The molecule has 8 nitrogen and oxygen atoms in total. The van der Waals surface area contributed by atoms with Crippen molar-refractivity contribution in [3.63, 3.8) is 0 Å². The van der Waals surface area contributed by atoms with Gasteiger partial charge in [-0.15, -0.1) is 0 Å². The highest BCUT2D eigenvalue weighted by atomic mass is 16.7. The molecule has 0 saturated carbocycles. The van der Waals surface area contributed by atoms with Crippen LogP contribution in [0.3, 0.4) is 0 Å². The Kier molecular flexibility index (Phi) is 22.1. The lowest BCUT2D eigenvalue weighted by atomic mass is 9.89. The van der Waals surface area contributed by atoms with E-state index in [2.05, 4.69) is 90.9 Å². The lowest BCUT2D eigenvalue weighted by molar-refractivity contribution is -0.276. The first kappa shape index (κ1) is 47.1. The molecular weight excluding hydrogens is 723 g/mol. The minimum absolute atomic E-state index is 0.0179. The van der Waals surface area contributed by atoms with Gasteiger partial charge in [-0.25, -0.2) is 0 Å². The van der Waals surface area contributed by atoms with E-state index in [4.69, 9.17) is 9.47 Å². The molecule has 0 aliphatic carbocycles. The highest BCUT2D eigenvalue weighted by Crippen LogP contribution is 2.42. The van der Waals surface area contributed by atoms with Crippen LogP contribution in [-0.2, 0) is 32.2 Å². The number of unbranched alkanes of at least 4 members (excludes halogenated alkanes) is 12. The number of carbonyl (C=O) groups is 2. The van der Waals surface area contributed by atoms with E-state index in [1.807, 2.05) is 18.2 Å². The first-order chi connectivity index (χ1) is 28.3. The van der Waals surface area contributed by atoms with Gasteiger partial charge in [0.1, 0.15) is 0 Å². The van der Waals surface area contributed by atoms with Gasteiger partial charge in [0, 0.05) is 44.5 Å². The van der Waals surface area contributed by atoms with Crippen LogP contribution in [0.5, 0.6) is 0 Å². The fourth-order valence-corrected chi connectivity index (χ4v) is 7.97. The van der Waals surface area contributed by atoms with Crippen molar-refractivity contribution in [1.82, 2.24) is 15.5 Å². The van der Waals surface area contributed by atoms with E-state index in [9.17, 15) is 14.7 Å². The van der Waals surface area contributed by atoms with Crippen molar-refractivity contribution in [2.24, 2.45) is 5.92 Å². The predicted molar refractivity (Wildman–Crippen MR) is 237 cm³/mol. The van der Waals surface area contributed by atoms with Crippen molar-refractivity contribution in [2.45, 2.75) is 162 Å². The molecule has 3 aromatic carbocycles. The molecule has 4 rings (SSSR count). The van der Waals surface area contributed by atoms with Crippen LogP contribution >= 0.6 is 0 Å². The van der Waals surface area contributed by atoms with Crippen LogP contribution in [0, 0.1) is 5.92 Å². The smallest absolute Gasteiger partial charge is 0.220 e. The Morgan fingerprint density at radius 3 is 1.95 bits per heavy atom. The SMILES string of the molecule is CCCCCCCCN(CCCCCCCC)C[C@@H]1O[C@H](c2cccc(-c3cccc(CNC(=O)CCCCCNC(C)=O)c3)c2)O[C@H](c2ccc(CO)cc2)[C@@H]1C. The van der Waals surface area contributed by atoms with Crippen LogP contribution in [0.1, 0.15) is 165 Å². The Morgan fingerprint density at radius 1 is 0.672 bits per heavy atom. The standard InChI is InChI=1S/C50H75N3O5/c1-5-7-9-11-13-18-32-53(33-19-14-12-10-8-6-2)37-47-39(3)49(43-29-27-41(38-54)28-30-43)58-50(57-47)46-25-21-24-45(35-46)44-23-20-22-42(34-44)36-52-48(56)26-16-15-17-31-51-40(4)55/h20-25,27-30,34-35,39,47,49-50,54H,5-19,26,31-33,36-38H2,1-4H3,(H,51,55)(H,52,56)/t39-,47+,49+,50+/m1/s1. The number of ether oxygens (including phenoxy) is 2. The third kappa shape index (κ3) is 17.0. The maximum Gasteiger partial charge on any atom is 0.220 e. The summed E-state index contributed by atoms with van der Waals surface area (Å²) in [6.45, 7) is 12.6. The third-order valence-corrected chi connectivity index (χ3v) is 11.6. The van der Waals surface area contributed by atoms with Gasteiger partial charge in [-0.3, -0.25) is 9.59 Å². The molecule has 2 amide bonds. The Hall–Kier alpha value is -3.56. The maximum absolute atomic E-state index is 12.6. The number of benzene rings is 3. The Morgan fingerprint density at radius 2 is 1.29 bits per heavy atom. The number of nitrogens with zero attached hydrogens (tertiary/aromatic N) is 1. The number of nitrogens with one attached hydrogen (secondary N) is 2. The zero-order chi connectivity index (χ0) is 41.4. The monoisotopic (exact) mass is 798 g/mol. The van der Waals surface area contributed by atoms with E-state index in [0.29, 0.717) is 19.5 Å². The van der Waals surface area contributed by atoms with Crippen LogP contribution in [0.15, 0.2) is 72.8 Å². The summed E-state index contributed by atoms with van der Waals surface area (Å²) >= 11 is 0. The van der Waals surface area contributed by atoms with E-state index < -0.39 is 6.29 Å². The van der Waals surface area contributed by atoms with E-state index in [0.717, 1.165) is 72.3 Å². The molecule has 8 heteroatoms. The molecule has 3 aromatic rings. The molecule has 0 aromatic heterocycles. The van der Waals surface area contributed by atoms with E-state index in [1.165, 1.54) is 84.0 Å². The summed E-state index contributed by atoms with van der Waals surface area (Å²) in [6, 6.07) is 25.1. The number of hydrogen-bond donors (Lipinski definition) is 3. The summed E-state index contributed by atoms with van der Waals surface area (Å²) in [5, 5.41) is 15.6. The van der Waals surface area contributed by atoms with Gasteiger partial charge in [-0.05, 0) is 78.7 Å². The first-order valence-electron chi connectivity index (χ1n) is 22.7. The minimum Gasteiger partial charge on any atom is -0.392 e. The number of carbonyl (C=O) groups excluding carboxylic acids is 2. The van der Waals surface area contributed by atoms with Crippen LogP contribution in [-0.4, -0.2) is 54.1 Å². The van der Waals surface area contributed by atoms with Gasteiger partial charge in [0.05, 0.1) is 18.8 Å².